The quantitative estimate of drug-likeness (QED) is 0.761. The largest absolute Gasteiger partial charge is 0.497 e. The number of nitrogens with two attached hydrogens (primary N) is 1. The summed E-state index contributed by atoms with van der Waals surface area (Å²) in [6.45, 7) is 0.569. The van der Waals surface area contributed by atoms with E-state index in [9.17, 15) is 0 Å². The van der Waals surface area contributed by atoms with Gasteiger partial charge in [0.05, 0.1) is 7.11 Å². The highest BCUT2D eigenvalue weighted by molar-refractivity contribution is 5.80. The zero-order chi connectivity index (χ0) is 13.9. The highest BCUT2D eigenvalue weighted by Gasteiger charge is 2.14. The van der Waals surface area contributed by atoms with E-state index < -0.39 is 0 Å². The molecule has 0 aliphatic rings. The maximum atomic E-state index is 5.98. The zero-order valence-electron chi connectivity index (χ0n) is 11.5. The van der Waals surface area contributed by atoms with E-state index in [4.69, 9.17) is 10.5 Å². The van der Waals surface area contributed by atoms with Gasteiger partial charge in [0.2, 0.25) is 0 Å². The van der Waals surface area contributed by atoms with Crippen molar-refractivity contribution in [1.82, 2.24) is 4.98 Å². The number of H-pyrrole nitrogens is 1. The summed E-state index contributed by atoms with van der Waals surface area (Å²) < 4.78 is 5.20. The van der Waals surface area contributed by atoms with E-state index in [1.807, 2.05) is 24.3 Å². The van der Waals surface area contributed by atoms with Gasteiger partial charge in [-0.1, -0.05) is 30.3 Å². The fourth-order valence-corrected chi connectivity index (χ4v) is 2.56. The number of fused-ring (bicyclic) bond motifs is 1. The average molecular weight is 266 g/mol. The van der Waals surface area contributed by atoms with Crippen LogP contribution in [0.15, 0.2) is 54.6 Å². The predicted molar refractivity (Wildman–Crippen MR) is 82.2 cm³/mol. The summed E-state index contributed by atoms with van der Waals surface area (Å²) in [5.74, 6) is 1.04. The van der Waals surface area contributed by atoms with Gasteiger partial charge in [0.25, 0.3) is 0 Å². The Hall–Kier alpha value is -2.26. The van der Waals surface area contributed by atoms with Crippen molar-refractivity contribution in [1.29, 1.82) is 0 Å². The lowest BCUT2D eigenvalue weighted by Crippen LogP contribution is -2.14. The molecule has 3 heteroatoms. The van der Waals surface area contributed by atoms with Crippen LogP contribution < -0.4 is 10.5 Å². The minimum absolute atomic E-state index is 0.174. The van der Waals surface area contributed by atoms with Crippen molar-refractivity contribution in [2.75, 3.05) is 13.7 Å². The minimum Gasteiger partial charge on any atom is -0.497 e. The molecule has 0 radical (unpaired) electrons. The first-order chi connectivity index (χ1) is 9.81. The molecule has 2 aromatic carbocycles. The van der Waals surface area contributed by atoms with E-state index >= 15 is 0 Å². The van der Waals surface area contributed by atoms with Gasteiger partial charge >= 0.3 is 0 Å². The summed E-state index contributed by atoms with van der Waals surface area (Å²) in [5.41, 5.74) is 9.47. The summed E-state index contributed by atoms with van der Waals surface area (Å²) in [6, 6.07) is 18.5. The van der Waals surface area contributed by atoms with Crippen molar-refractivity contribution < 1.29 is 4.74 Å². The zero-order valence-corrected chi connectivity index (χ0v) is 11.5. The van der Waals surface area contributed by atoms with Gasteiger partial charge in [-0.15, -0.1) is 0 Å². The number of aromatic nitrogens is 1. The monoisotopic (exact) mass is 266 g/mol. The van der Waals surface area contributed by atoms with Crippen LogP contribution in [0.1, 0.15) is 17.2 Å². The predicted octanol–water partition coefficient (Wildman–Crippen LogP) is 3.27. The summed E-state index contributed by atoms with van der Waals surface area (Å²) in [5, 5.41) is 1.22. The molecule has 3 N–H and O–H groups in total. The molecule has 0 saturated heterocycles. The number of aromatic amines is 1. The molecule has 1 aromatic heterocycles. The molecule has 0 fully saturated rings. The van der Waals surface area contributed by atoms with Crippen molar-refractivity contribution in [2.45, 2.75) is 5.92 Å². The van der Waals surface area contributed by atoms with Gasteiger partial charge in [-0.3, -0.25) is 0 Å². The maximum Gasteiger partial charge on any atom is 0.118 e. The molecular formula is C17H18N2O. The molecule has 0 aliphatic carbocycles. The lowest BCUT2D eigenvalue weighted by atomic mass is 9.96. The van der Waals surface area contributed by atoms with Gasteiger partial charge in [-0.25, -0.2) is 0 Å². The van der Waals surface area contributed by atoms with Crippen LogP contribution in [0.25, 0.3) is 10.9 Å². The first-order valence-electron chi connectivity index (χ1n) is 6.73. The Labute approximate surface area is 118 Å². The van der Waals surface area contributed by atoms with E-state index in [2.05, 4.69) is 35.3 Å². The van der Waals surface area contributed by atoms with E-state index in [0.717, 1.165) is 17.0 Å². The molecule has 1 heterocycles. The highest BCUT2D eigenvalue weighted by atomic mass is 16.5. The first-order valence-corrected chi connectivity index (χ1v) is 6.73. The number of hydrogen-bond acceptors (Lipinski definition) is 2. The van der Waals surface area contributed by atoms with E-state index in [0.29, 0.717) is 6.54 Å². The molecule has 20 heavy (non-hydrogen) atoms. The van der Waals surface area contributed by atoms with Crippen molar-refractivity contribution >= 4 is 10.9 Å². The van der Waals surface area contributed by atoms with E-state index in [1.54, 1.807) is 7.11 Å². The second-order valence-electron chi connectivity index (χ2n) is 4.87. The summed E-state index contributed by atoms with van der Waals surface area (Å²) in [6.07, 6.45) is 0. The highest BCUT2D eigenvalue weighted by Crippen LogP contribution is 2.27. The Morgan fingerprint density at radius 2 is 1.85 bits per heavy atom. The Kier molecular flexibility index (Phi) is 3.44. The SMILES string of the molecule is COc1ccc(C(CN)c2cc3ccccc3[nH]2)cc1. The Bertz CT molecular complexity index is 667. The second kappa shape index (κ2) is 5.39. The standard InChI is InChI=1S/C17H18N2O/c1-20-14-8-6-12(7-9-14)15(11-18)17-10-13-4-2-3-5-16(13)19-17/h2-10,15,19H,11,18H2,1H3. The first kappa shape index (κ1) is 12.8. The Balaban J connectivity index is 1.99. The summed E-state index contributed by atoms with van der Waals surface area (Å²) in [4.78, 5) is 3.46. The molecule has 1 atom stereocenters. The third-order valence-corrected chi connectivity index (χ3v) is 3.68. The van der Waals surface area contributed by atoms with Gasteiger partial charge < -0.3 is 15.5 Å². The number of nitrogens with one attached hydrogen (secondary N) is 1. The van der Waals surface area contributed by atoms with Gasteiger partial charge in [0.15, 0.2) is 0 Å². The molecule has 102 valence electrons. The molecule has 3 nitrogen and oxygen atoms in total. The molecule has 0 saturated carbocycles. The van der Waals surface area contributed by atoms with Gasteiger partial charge in [0.1, 0.15) is 5.75 Å². The van der Waals surface area contributed by atoms with Crippen molar-refractivity contribution in [2.24, 2.45) is 5.73 Å². The molecule has 0 amide bonds. The fourth-order valence-electron chi connectivity index (χ4n) is 2.56. The molecular weight excluding hydrogens is 248 g/mol. The molecule has 0 spiro atoms. The maximum absolute atomic E-state index is 5.98. The summed E-state index contributed by atoms with van der Waals surface area (Å²) in [7, 11) is 1.67. The molecule has 0 bridgehead atoms. The fraction of sp³-hybridized carbons (Fsp3) is 0.176. The van der Waals surface area contributed by atoms with E-state index in [1.165, 1.54) is 10.9 Å². The third-order valence-electron chi connectivity index (χ3n) is 3.68. The lowest BCUT2D eigenvalue weighted by molar-refractivity contribution is 0.414. The Morgan fingerprint density at radius 3 is 2.50 bits per heavy atom. The number of ether oxygens (including phenoxy) is 1. The molecule has 1 unspecified atom stereocenters. The number of benzene rings is 2. The number of rotatable bonds is 4. The van der Waals surface area contributed by atoms with Crippen LogP contribution in [-0.4, -0.2) is 18.6 Å². The topological polar surface area (TPSA) is 51.0 Å². The summed E-state index contributed by atoms with van der Waals surface area (Å²) >= 11 is 0. The smallest absolute Gasteiger partial charge is 0.118 e. The lowest BCUT2D eigenvalue weighted by Gasteiger charge is -2.14. The molecule has 0 aliphatic heterocycles. The van der Waals surface area contributed by atoms with Crippen LogP contribution in [-0.2, 0) is 0 Å². The number of hydrogen-bond donors (Lipinski definition) is 2. The molecule has 3 aromatic rings. The number of methoxy groups -OCH3 is 1. The van der Waals surface area contributed by atoms with Crippen LogP contribution in [0, 0.1) is 0 Å². The normalized spacial score (nSPS) is 12.5. The third kappa shape index (κ3) is 2.28. The van der Waals surface area contributed by atoms with Crippen LogP contribution in [0.5, 0.6) is 5.75 Å². The average Bonchev–Trinajstić information content (AvgIpc) is 2.92. The van der Waals surface area contributed by atoms with Crippen LogP contribution in [0.4, 0.5) is 0 Å². The number of para-hydroxylation sites is 1. The van der Waals surface area contributed by atoms with Crippen molar-refractivity contribution in [3.05, 3.63) is 65.9 Å². The van der Waals surface area contributed by atoms with Gasteiger partial charge in [0, 0.05) is 23.7 Å². The minimum atomic E-state index is 0.174. The Morgan fingerprint density at radius 1 is 1.10 bits per heavy atom. The molecule has 3 rings (SSSR count). The van der Waals surface area contributed by atoms with Crippen LogP contribution in [0.3, 0.4) is 0 Å². The van der Waals surface area contributed by atoms with E-state index in [-0.39, 0.29) is 5.92 Å². The van der Waals surface area contributed by atoms with Gasteiger partial charge in [-0.2, -0.15) is 0 Å². The second-order valence-corrected chi connectivity index (χ2v) is 4.87. The van der Waals surface area contributed by atoms with Crippen LogP contribution >= 0.6 is 0 Å². The van der Waals surface area contributed by atoms with Crippen LogP contribution in [0.2, 0.25) is 0 Å². The van der Waals surface area contributed by atoms with Crippen molar-refractivity contribution in [3.8, 4) is 5.75 Å². The van der Waals surface area contributed by atoms with Crippen molar-refractivity contribution in [3.63, 3.8) is 0 Å². The van der Waals surface area contributed by atoms with Gasteiger partial charge in [-0.05, 0) is 35.2 Å².